The number of aromatic nitrogens is 1. The fourth-order valence-electron chi connectivity index (χ4n) is 4.54. The Labute approximate surface area is 194 Å². The number of rotatable bonds is 6. The molecule has 2 heterocycles. The van der Waals surface area contributed by atoms with Gasteiger partial charge in [-0.25, -0.2) is 9.37 Å². The van der Waals surface area contributed by atoms with E-state index in [2.05, 4.69) is 24.1 Å². The summed E-state index contributed by atoms with van der Waals surface area (Å²) in [6.07, 6.45) is 3.20. The molecule has 1 fully saturated rings. The Morgan fingerprint density at radius 2 is 1.73 bits per heavy atom. The number of fused-ring (bicyclic) bond motifs is 1. The minimum Gasteiger partial charge on any atom is -0.349 e. The predicted octanol–water partition coefficient (Wildman–Crippen LogP) is 5.20. The van der Waals surface area contributed by atoms with Gasteiger partial charge in [0.1, 0.15) is 5.82 Å². The van der Waals surface area contributed by atoms with E-state index in [9.17, 15) is 14.0 Å². The van der Waals surface area contributed by atoms with Crippen LogP contribution < -0.4 is 5.32 Å². The van der Waals surface area contributed by atoms with Crippen LogP contribution in [0.25, 0.3) is 22.2 Å². The van der Waals surface area contributed by atoms with Gasteiger partial charge in [0.25, 0.3) is 5.91 Å². The highest BCUT2D eigenvalue weighted by atomic mass is 19.1. The molecule has 1 aliphatic rings. The molecular formula is C27H30FN3O2. The maximum atomic E-state index is 13.4. The summed E-state index contributed by atoms with van der Waals surface area (Å²) in [6, 6.07) is 15.5. The van der Waals surface area contributed by atoms with E-state index in [0.29, 0.717) is 24.3 Å². The van der Waals surface area contributed by atoms with Gasteiger partial charge in [-0.1, -0.05) is 32.0 Å². The Bertz CT molecular complexity index is 1130. The molecule has 0 bridgehead atoms. The van der Waals surface area contributed by atoms with Crippen molar-refractivity contribution in [1.82, 2.24) is 15.2 Å². The molecular weight excluding hydrogens is 417 g/mol. The first kappa shape index (κ1) is 22.9. The molecule has 0 spiro atoms. The van der Waals surface area contributed by atoms with E-state index in [1.165, 1.54) is 12.1 Å². The topological polar surface area (TPSA) is 62.3 Å². The Hall–Kier alpha value is -3.28. The van der Waals surface area contributed by atoms with E-state index < -0.39 is 0 Å². The molecule has 5 nitrogen and oxygen atoms in total. The van der Waals surface area contributed by atoms with Crippen LogP contribution in [0.1, 0.15) is 49.9 Å². The van der Waals surface area contributed by atoms with Gasteiger partial charge in [0, 0.05) is 36.0 Å². The SMILES string of the molecule is CCC(CC)C(=O)N1CCC(NC(=O)c2cc(-c3ccc(F)cc3)nc3ccccc23)CC1. The van der Waals surface area contributed by atoms with E-state index >= 15 is 0 Å². The van der Waals surface area contributed by atoms with Crippen molar-refractivity contribution in [2.75, 3.05) is 13.1 Å². The van der Waals surface area contributed by atoms with Crippen LogP contribution in [-0.4, -0.2) is 40.8 Å². The monoisotopic (exact) mass is 447 g/mol. The first-order valence-corrected chi connectivity index (χ1v) is 11.8. The molecule has 0 unspecified atom stereocenters. The number of carbonyl (C=O) groups excluding carboxylic acids is 2. The van der Waals surface area contributed by atoms with E-state index in [1.807, 2.05) is 29.2 Å². The highest BCUT2D eigenvalue weighted by Gasteiger charge is 2.27. The Balaban J connectivity index is 1.51. The van der Waals surface area contributed by atoms with E-state index in [-0.39, 0.29) is 29.6 Å². The van der Waals surface area contributed by atoms with Crippen molar-refractivity contribution in [3.63, 3.8) is 0 Å². The van der Waals surface area contributed by atoms with E-state index in [1.54, 1.807) is 18.2 Å². The number of piperidine rings is 1. The molecule has 0 aliphatic carbocycles. The normalized spacial score (nSPS) is 14.6. The summed E-state index contributed by atoms with van der Waals surface area (Å²) in [5, 5.41) is 3.95. The number of halogens is 1. The van der Waals surface area contributed by atoms with Crippen LogP contribution in [0.15, 0.2) is 54.6 Å². The number of nitrogens with one attached hydrogen (secondary N) is 1. The number of likely N-dealkylation sites (tertiary alicyclic amines) is 1. The fraction of sp³-hybridized carbons (Fsp3) is 0.370. The highest BCUT2D eigenvalue weighted by Crippen LogP contribution is 2.26. The highest BCUT2D eigenvalue weighted by molar-refractivity contribution is 6.07. The molecule has 1 aliphatic heterocycles. The molecule has 172 valence electrons. The first-order chi connectivity index (χ1) is 16.0. The van der Waals surface area contributed by atoms with E-state index in [0.717, 1.165) is 42.1 Å². The van der Waals surface area contributed by atoms with Crippen molar-refractivity contribution < 1.29 is 14.0 Å². The quantitative estimate of drug-likeness (QED) is 0.565. The molecule has 2 amide bonds. The van der Waals surface area contributed by atoms with Gasteiger partial charge in [-0.3, -0.25) is 9.59 Å². The molecule has 2 aromatic carbocycles. The van der Waals surface area contributed by atoms with Gasteiger partial charge in [-0.2, -0.15) is 0 Å². The van der Waals surface area contributed by atoms with Gasteiger partial charge < -0.3 is 10.2 Å². The molecule has 1 aromatic heterocycles. The van der Waals surface area contributed by atoms with Crippen molar-refractivity contribution >= 4 is 22.7 Å². The second kappa shape index (κ2) is 10.1. The summed E-state index contributed by atoms with van der Waals surface area (Å²) < 4.78 is 13.4. The van der Waals surface area contributed by atoms with E-state index in [4.69, 9.17) is 0 Å². The minimum atomic E-state index is -0.313. The van der Waals surface area contributed by atoms with Crippen LogP contribution in [0, 0.1) is 11.7 Å². The van der Waals surface area contributed by atoms with Crippen molar-refractivity contribution in [2.24, 2.45) is 5.92 Å². The predicted molar refractivity (Wildman–Crippen MR) is 128 cm³/mol. The lowest BCUT2D eigenvalue weighted by Crippen LogP contribution is -2.48. The van der Waals surface area contributed by atoms with Gasteiger partial charge >= 0.3 is 0 Å². The molecule has 0 saturated carbocycles. The lowest BCUT2D eigenvalue weighted by Gasteiger charge is -2.34. The van der Waals surface area contributed by atoms with Gasteiger partial charge in [-0.05, 0) is 62.1 Å². The van der Waals surface area contributed by atoms with Crippen LogP contribution in [0.2, 0.25) is 0 Å². The van der Waals surface area contributed by atoms with Crippen molar-refractivity contribution in [1.29, 1.82) is 0 Å². The summed E-state index contributed by atoms with van der Waals surface area (Å²) in [5.74, 6) is -0.147. The lowest BCUT2D eigenvalue weighted by atomic mass is 9.98. The number of nitrogens with zero attached hydrogens (tertiary/aromatic N) is 2. The maximum Gasteiger partial charge on any atom is 0.252 e. The molecule has 4 rings (SSSR count). The zero-order valence-electron chi connectivity index (χ0n) is 19.2. The number of para-hydroxylation sites is 1. The Morgan fingerprint density at radius 3 is 2.39 bits per heavy atom. The van der Waals surface area contributed by atoms with Crippen LogP contribution in [0.4, 0.5) is 4.39 Å². The molecule has 33 heavy (non-hydrogen) atoms. The third kappa shape index (κ3) is 5.05. The molecule has 1 N–H and O–H groups in total. The largest absolute Gasteiger partial charge is 0.349 e. The molecule has 1 saturated heterocycles. The van der Waals surface area contributed by atoms with Crippen molar-refractivity contribution in [2.45, 2.75) is 45.6 Å². The average Bonchev–Trinajstić information content (AvgIpc) is 2.85. The maximum absolute atomic E-state index is 13.4. The number of carbonyl (C=O) groups is 2. The standard InChI is InChI=1S/C27H30FN3O2/c1-3-18(4-2)27(33)31-15-13-21(14-16-31)29-26(32)23-17-25(19-9-11-20(28)12-10-19)30-24-8-6-5-7-22(23)24/h5-12,17-18,21H,3-4,13-16H2,1-2H3,(H,29,32). The van der Waals surface area contributed by atoms with Gasteiger partial charge in [0.15, 0.2) is 0 Å². The molecule has 6 heteroatoms. The zero-order valence-corrected chi connectivity index (χ0v) is 19.2. The molecule has 0 atom stereocenters. The van der Waals surface area contributed by atoms with Crippen LogP contribution in [-0.2, 0) is 4.79 Å². The van der Waals surface area contributed by atoms with Crippen molar-refractivity contribution in [3.05, 3.63) is 66.0 Å². The number of hydrogen-bond donors (Lipinski definition) is 1. The summed E-state index contributed by atoms with van der Waals surface area (Å²) in [5.41, 5.74) is 2.65. The summed E-state index contributed by atoms with van der Waals surface area (Å²) >= 11 is 0. The Kier molecular flexibility index (Phi) is 7.02. The number of amides is 2. The number of benzene rings is 2. The third-order valence-corrected chi connectivity index (χ3v) is 6.58. The third-order valence-electron chi connectivity index (χ3n) is 6.58. The summed E-state index contributed by atoms with van der Waals surface area (Å²) in [6.45, 7) is 5.44. The lowest BCUT2D eigenvalue weighted by molar-refractivity contribution is -0.136. The number of pyridine rings is 1. The van der Waals surface area contributed by atoms with Crippen LogP contribution in [0.3, 0.4) is 0 Å². The van der Waals surface area contributed by atoms with Gasteiger partial charge in [-0.15, -0.1) is 0 Å². The molecule has 3 aromatic rings. The smallest absolute Gasteiger partial charge is 0.252 e. The average molecular weight is 448 g/mol. The van der Waals surface area contributed by atoms with Crippen LogP contribution >= 0.6 is 0 Å². The molecule has 0 radical (unpaired) electrons. The van der Waals surface area contributed by atoms with Gasteiger partial charge in [0.2, 0.25) is 5.91 Å². The zero-order chi connectivity index (χ0) is 23.4. The second-order valence-electron chi connectivity index (χ2n) is 8.67. The Morgan fingerprint density at radius 1 is 1.06 bits per heavy atom. The second-order valence-corrected chi connectivity index (χ2v) is 8.67. The van der Waals surface area contributed by atoms with Gasteiger partial charge in [0.05, 0.1) is 16.8 Å². The van der Waals surface area contributed by atoms with Crippen LogP contribution in [0.5, 0.6) is 0 Å². The fourth-order valence-corrected chi connectivity index (χ4v) is 4.54. The number of hydrogen-bond acceptors (Lipinski definition) is 3. The van der Waals surface area contributed by atoms with Crippen molar-refractivity contribution in [3.8, 4) is 11.3 Å². The summed E-state index contributed by atoms with van der Waals surface area (Å²) in [4.78, 5) is 32.6. The first-order valence-electron chi connectivity index (χ1n) is 11.8. The summed E-state index contributed by atoms with van der Waals surface area (Å²) in [7, 11) is 0. The minimum absolute atomic E-state index is 0.0180.